The molecule has 15 heavy (non-hydrogen) atoms. The van der Waals surface area contributed by atoms with Gasteiger partial charge in [-0.3, -0.25) is 0 Å². The molecule has 3 nitrogen and oxygen atoms in total. The van der Waals surface area contributed by atoms with Crippen LogP contribution in [0.1, 0.15) is 5.56 Å². The molecule has 5 heteroatoms. The molecule has 0 saturated heterocycles. The summed E-state index contributed by atoms with van der Waals surface area (Å²) in [7, 11) is 0. The number of carboxylic acids is 1. The summed E-state index contributed by atoms with van der Waals surface area (Å²) < 4.78 is 1.03. The van der Waals surface area contributed by atoms with E-state index in [1.54, 1.807) is 11.8 Å². The van der Waals surface area contributed by atoms with E-state index >= 15 is 0 Å². The summed E-state index contributed by atoms with van der Waals surface area (Å²) >= 11 is 4.93. The minimum absolute atomic E-state index is 0.481. The van der Waals surface area contributed by atoms with Crippen molar-refractivity contribution in [1.82, 2.24) is 0 Å². The van der Waals surface area contributed by atoms with Crippen LogP contribution in [0.3, 0.4) is 0 Å². The van der Waals surface area contributed by atoms with Crippen LogP contribution in [0.2, 0.25) is 0 Å². The van der Waals surface area contributed by atoms with Gasteiger partial charge < -0.3 is 15.6 Å². The Labute approximate surface area is 101 Å². The molecule has 0 fully saturated rings. The molecule has 0 unspecified atom stereocenters. The Hall–Kier alpha value is -0.520. The Morgan fingerprint density at radius 2 is 2.33 bits per heavy atom. The predicted octanol–water partition coefficient (Wildman–Crippen LogP) is 0.0427. The van der Waals surface area contributed by atoms with Gasteiger partial charge in [0.2, 0.25) is 0 Å². The van der Waals surface area contributed by atoms with Crippen LogP contribution in [0, 0.1) is 0 Å². The number of hydrogen-bond donors (Lipinski definition) is 1. The molecule has 0 aliphatic rings. The Morgan fingerprint density at radius 3 is 2.93 bits per heavy atom. The monoisotopic (exact) mass is 289 g/mol. The molecule has 1 atom stereocenters. The van der Waals surface area contributed by atoms with Crippen molar-refractivity contribution in [3.8, 4) is 0 Å². The fourth-order valence-electron chi connectivity index (χ4n) is 1.01. The molecule has 1 rings (SSSR count). The van der Waals surface area contributed by atoms with Crippen LogP contribution in [-0.4, -0.2) is 17.8 Å². The highest BCUT2D eigenvalue weighted by Crippen LogP contribution is 2.16. The minimum Gasteiger partial charge on any atom is -0.544 e. The number of carbonyl (C=O) groups is 1. The van der Waals surface area contributed by atoms with Crippen LogP contribution in [0.4, 0.5) is 0 Å². The van der Waals surface area contributed by atoms with E-state index in [0.29, 0.717) is 5.75 Å². The first-order chi connectivity index (χ1) is 7.09. The maximum absolute atomic E-state index is 10.4. The van der Waals surface area contributed by atoms with Gasteiger partial charge in [0, 0.05) is 10.2 Å². The van der Waals surface area contributed by atoms with Gasteiger partial charge in [0.1, 0.15) is 6.04 Å². The third kappa shape index (κ3) is 4.68. The van der Waals surface area contributed by atoms with Gasteiger partial charge in [0.25, 0.3) is 0 Å². The van der Waals surface area contributed by atoms with Crippen molar-refractivity contribution < 1.29 is 15.6 Å². The quantitative estimate of drug-likeness (QED) is 0.832. The second kappa shape index (κ2) is 6.15. The van der Waals surface area contributed by atoms with Gasteiger partial charge in [0.05, 0.1) is 11.7 Å². The fourth-order valence-corrected chi connectivity index (χ4v) is 2.41. The van der Waals surface area contributed by atoms with Gasteiger partial charge in [0.15, 0.2) is 0 Å². The van der Waals surface area contributed by atoms with Crippen molar-refractivity contribution in [2.45, 2.75) is 11.8 Å². The molecule has 0 heterocycles. The van der Waals surface area contributed by atoms with Crippen molar-refractivity contribution in [1.29, 1.82) is 0 Å². The van der Waals surface area contributed by atoms with Crippen molar-refractivity contribution in [3.05, 3.63) is 34.3 Å². The first-order valence-corrected chi connectivity index (χ1v) is 6.40. The predicted molar refractivity (Wildman–Crippen MR) is 62.0 cm³/mol. The van der Waals surface area contributed by atoms with Gasteiger partial charge >= 0.3 is 0 Å². The lowest BCUT2D eigenvalue weighted by atomic mass is 10.2. The number of carboxylic acid groups (broad SMARTS) is 1. The van der Waals surface area contributed by atoms with E-state index in [9.17, 15) is 9.90 Å². The number of benzene rings is 1. The zero-order chi connectivity index (χ0) is 11.3. The maximum Gasteiger partial charge on any atom is 0.134 e. The van der Waals surface area contributed by atoms with E-state index < -0.39 is 12.0 Å². The van der Waals surface area contributed by atoms with Crippen molar-refractivity contribution in [3.63, 3.8) is 0 Å². The fraction of sp³-hybridized carbons (Fsp3) is 0.300. The number of quaternary nitrogens is 1. The smallest absolute Gasteiger partial charge is 0.134 e. The van der Waals surface area contributed by atoms with Gasteiger partial charge in [-0.1, -0.05) is 28.1 Å². The first kappa shape index (κ1) is 12.5. The standard InChI is InChI=1S/C10H12BrNO2S/c11-8-3-1-2-7(4-8)5-15-6-9(12)10(13)14/h1-4,9H,5-6,12H2,(H,13,14)/t9-/m0/s1. The number of hydrogen-bond acceptors (Lipinski definition) is 3. The molecular formula is C10H12BrNO2S. The summed E-state index contributed by atoms with van der Waals surface area (Å²) in [4.78, 5) is 10.4. The molecule has 1 aromatic rings. The SMILES string of the molecule is [NH3+][C@@H](CSCc1cccc(Br)c1)C(=O)[O-]. The number of halogens is 1. The Balaban J connectivity index is 2.35. The molecular weight excluding hydrogens is 278 g/mol. The Kier molecular flexibility index (Phi) is 5.14. The number of rotatable bonds is 5. The molecule has 0 bridgehead atoms. The van der Waals surface area contributed by atoms with Crippen LogP contribution < -0.4 is 10.8 Å². The van der Waals surface area contributed by atoms with Gasteiger partial charge in [-0.15, -0.1) is 0 Å². The van der Waals surface area contributed by atoms with Gasteiger partial charge in [-0.2, -0.15) is 11.8 Å². The molecule has 0 spiro atoms. The third-order valence-electron chi connectivity index (χ3n) is 1.81. The van der Waals surface area contributed by atoms with Gasteiger partial charge in [-0.05, 0) is 17.7 Å². The number of thioether (sulfide) groups is 1. The van der Waals surface area contributed by atoms with E-state index in [0.717, 1.165) is 10.2 Å². The van der Waals surface area contributed by atoms with E-state index in [4.69, 9.17) is 0 Å². The zero-order valence-corrected chi connectivity index (χ0v) is 10.5. The molecule has 0 radical (unpaired) electrons. The minimum atomic E-state index is -1.09. The lowest BCUT2D eigenvalue weighted by Crippen LogP contribution is -2.69. The molecule has 0 saturated carbocycles. The summed E-state index contributed by atoms with van der Waals surface area (Å²) in [5, 5.41) is 10.4. The highest BCUT2D eigenvalue weighted by Gasteiger charge is 2.06. The van der Waals surface area contributed by atoms with Crippen LogP contribution in [-0.2, 0) is 10.5 Å². The molecule has 1 aromatic carbocycles. The topological polar surface area (TPSA) is 67.8 Å². The number of aliphatic carboxylic acids is 1. The molecule has 0 aliphatic heterocycles. The second-order valence-corrected chi connectivity index (χ2v) is 5.11. The van der Waals surface area contributed by atoms with E-state index in [-0.39, 0.29) is 0 Å². The third-order valence-corrected chi connectivity index (χ3v) is 3.48. The lowest BCUT2D eigenvalue weighted by molar-refractivity contribution is -0.431. The lowest BCUT2D eigenvalue weighted by Gasteiger charge is -2.08. The highest BCUT2D eigenvalue weighted by molar-refractivity contribution is 9.10. The molecule has 0 aromatic heterocycles. The Morgan fingerprint density at radius 1 is 1.60 bits per heavy atom. The summed E-state index contributed by atoms with van der Waals surface area (Å²) in [6.45, 7) is 0. The van der Waals surface area contributed by atoms with Crippen LogP contribution in [0.5, 0.6) is 0 Å². The highest BCUT2D eigenvalue weighted by atomic mass is 79.9. The maximum atomic E-state index is 10.4. The molecule has 82 valence electrons. The largest absolute Gasteiger partial charge is 0.544 e. The van der Waals surface area contributed by atoms with Crippen LogP contribution >= 0.6 is 27.7 Å². The normalized spacial score (nSPS) is 12.4. The average Bonchev–Trinajstić information content (AvgIpc) is 2.17. The van der Waals surface area contributed by atoms with E-state index in [1.807, 2.05) is 24.3 Å². The van der Waals surface area contributed by atoms with E-state index in [2.05, 4.69) is 21.7 Å². The number of carbonyl (C=O) groups excluding carboxylic acids is 1. The Bertz CT molecular complexity index is 346. The van der Waals surface area contributed by atoms with Crippen LogP contribution in [0.15, 0.2) is 28.7 Å². The summed E-state index contributed by atoms with van der Waals surface area (Å²) in [6.07, 6.45) is 0. The zero-order valence-electron chi connectivity index (χ0n) is 8.11. The summed E-state index contributed by atoms with van der Waals surface area (Å²) in [5.41, 5.74) is 4.66. The summed E-state index contributed by atoms with van der Waals surface area (Å²) in [6, 6.07) is 7.31. The molecule has 0 amide bonds. The average molecular weight is 290 g/mol. The molecule has 0 aliphatic carbocycles. The summed E-state index contributed by atoms with van der Waals surface area (Å²) in [5.74, 6) is 0.185. The van der Waals surface area contributed by atoms with Crippen LogP contribution in [0.25, 0.3) is 0 Å². The van der Waals surface area contributed by atoms with Crippen molar-refractivity contribution in [2.24, 2.45) is 0 Å². The van der Waals surface area contributed by atoms with Gasteiger partial charge in [-0.25, -0.2) is 0 Å². The second-order valence-electron chi connectivity index (χ2n) is 3.16. The van der Waals surface area contributed by atoms with E-state index in [1.165, 1.54) is 5.56 Å². The van der Waals surface area contributed by atoms with Crippen molar-refractivity contribution >= 4 is 33.7 Å². The molecule has 3 N–H and O–H groups in total. The first-order valence-electron chi connectivity index (χ1n) is 4.45. The van der Waals surface area contributed by atoms with Crippen molar-refractivity contribution in [2.75, 3.05) is 5.75 Å².